The van der Waals surface area contributed by atoms with Gasteiger partial charge < -0.3 is 9.84 Å². The van der Waals surface area contributed by atoms with Crippen LogP contribution in [0.25, 0.3) is 11.1 Å². The Morgan fingerprint density at radius 3 is 1.78 bits per heavy atom. The van der Waals surface area contributed by atoms with Crippen LogP contribution >= 0.6 is 0 Å². The number of aliphatic hydroxyl groups excluding tert-OH is 1. The molecule has 0 aliphatic carbocycles. The number of hydrogen-bond acceptors (Lipinski definition) is 2. The molecule has 1 N–H and O–H groups in total. The maximum atomic E-state index is 8.88. The smallest absolute Gasteiger partial charge is 0.0713 e. The van der Waals surface area contributed by atoms with Crippen molar-refractivity contribution < 1.29 is 9.84 Å². The van der Waals surface area contributed by atoms with E-state index in [-0.39, 0.29) is 6.61 Å². The second kappa shape index (κ2) is 6.34. The van der Waals surface area contributed by atoms with Crippen LogP contribution in [0.4, 0.5) is 0 Å². The highest BCUT2D eigenvalue weighted by atomic mass is 16.5. The Hall–Kier alpha value is -1.64. The lowest BCUT2D eigenvalue weighted by Crippen LogP contribution is -1.90. The molecule has 2 aromatic carbocycles. The van der Waals surface area contributed by atoms with Gasteiger partial charge in [-0.05, 0) is 28.7 Å². The molecular weight excluding hydrogens is 224 g/mol. The van der Waals surface area contributed by atoms with Crippen molar-refractivity contribution in [3.63, 3.8) is 0 Å². The van der Waals surface area contributed by atoms with Crippen molar-refractivity contribution in [1.82, 2.24) is 0 Å². The normalized spacial score (nSPS) is 10.6. The Morgan fingerprint density at radius 1 is 0.833 bits per heavy atom. The van der Waals surface area contributed by atoms with E-state index in [1.165, 1.54) is 16.7 Å². The van der Waals surface area contributed by atoms with Crippen molar-refractivity contribution in [2.24, 2.45) is 0 Å². The van der Waals surface area contributed by atoms with E-state index in [4.69, 9.17) is 9.84 Å². The highest BCUT2D eigenvalue weighted by Gasteiger charge is 1.99. The van der Waals surface area contributed by atoms with Crippen molar-refractivity contribution in [1.29, 1.82) is 0 Å². The third-order valence-electron chi connectivity index (χ3n) is 2.95. The lowest BCUT2D eigenvalue weighted by atomic mass is 10.0. The molecule has 0 aromatic heterocycles. The van der Waals surface area contributed by atoms with Crippen molar-refractivity contribution in [3.8, 4) is 11.1 Å². The van der Waals surface area contributed by atoms with Gasteiger partial charge in [-0.3, -0.25) is 0 Å². The largest absolute Gasteiger partial charge is 0.396 e. The lowest BCUT2D eigenvalue weighted by Gasteiger charge is -2.05. The monoisotopic (exact) mass is 242 g/mol. The molecule has 0 fully saturated rings. The summed E-state index contributed by atoms with van der Waals surface area (Å²) in [5, 5.41) is 8.88. The molecule has 0 aliphatic rings. The predicted molar refractivity (Wildman–Crippen MR) is 73.4 cm³/mol. The second-order valence-electron chi connectivity index (χ2n) is 4.30. The molecular formula is C16H18O2. The molecule has 2 nitrogen and oxygen atoms in total. The van der Waals surface area contributed by atoms with Crippen LogP contribution in [-0.2, 0) is 17.8 Å². The lowest BCUT2D eigenvalue weighted by molar-refractivity contribution is 0.185. The number of rotatable bonds is 5. The minimum atomic E-state index is 0.199. The van der Waals surface area contributed by atoms with Gasteiger partial charge in [0, 0.05) is 13.7 Å². The van der Waals surface area contributed by atoms with Gasteiger partial charge in [-0.2, -0.15) is 0 Å². The maximum Gasteiger partial charge on any atom is 0.0713 e. The molecule has 0 aliphatic heterocycles. The van der Waals surface area contributed by atoms with Gasteiger partial charge in [0.15, 0.2) is 0 Å². The number of benzene rings is 2. The predicted octanol–water partition coefficient (Wildman–Crippen LogP) is 3.03. The van der Waals surface area contributed by atoms with Crippen molar-refractivity contribution in [2.45, 2.75) is 13.0 Å². The number of methoxy groups -OCH3 is 1. The Morgan fingerprint density at radius 2 is 1.33 bits per heavy atom. The van der Waals surface area contributed by atoms with E-state index in [1.54, 1.807) is 7.11 Å². The average Bonchev–Trinajstić information content (AvgIpc) is 2.41. The number of ether oxygens (including phenoxy) is 1. The summed E-state index contributed by atoms with van der Waals surface area (Å²) in [6, 6.07) is 16.7. The Kier molecular flexibility index (Phi) is 4.51. The van der Waals surface area contributed by atoms with Crippen molar-refractivity contribution >= 4 is 0 Å². The quantitative estimate of drug-likeness (QED) is 0.873. The molecule has 2 rings (SSSR count). The molecule has 0 atom stereocenters. The van der Waals surface area contributed by atoms with Crippen LogP contribution in [0.15, 0.2) is 48.5 Å². The molecule has 0 radical (unpaired) electrons. The molecule has 0 spiro atoms. The summed E-state index contributed by atoms with van der Waals surface area (Å²) >= 11 is 0. The minimum Gasteiger partial charge on any atom is -0.396 e. The van der Waals surface area contributed by atoms with Gasteiger partial charge >= 0.3 is 0 Å². The van der Waals surface area contributed by atoms with E-state index in [0.29, 0.717) is 13.0 Å². The Balaban J connectivity index is 2.15. The average molecular weight is 242 g/mol. The maximum absolute atomic E-state index is 8.88. The second-order valence-corrected chi connectivity index (χ2v) is 4.30. The van der Waals surface area contributed by atoms with Crippen molar-refractivity contribution in [2.75, 3.05) is 13.7 Å². The van der Waals surface area contributed by atoms with Gasteiger partial charge in [0.05, 0.1) is 6.61 Å². The minimum absolute atomic E-state index is 0.199. The third kappa shape index (κ3) is 3.19. The summed E-state index contributed by atoms with van der Waals surface area (Å²) in [5.74, 6) is 0. The summed E-state index contributed by atoms with van der Waals surface area (Å²) in [6.45, 7) is 0.848. The standard InChI is InChI=1S/C16H18O2/c1-18-12-14-4-8-16(9-5-14)15-6-2-13(3-7-15)10-11-17/h2-9,17H,10-12H2,1H3. The first-order valence-corrected chi connectivity index (χ1v) is 6.11. The van der Waals surface area contributed by atoms with E-state index in [2.05, 4.69) is 48.5 Å². The molecule has 0 unspecified atom stereocenters. The topological polar surface area (TPSA) is 29.5 Å². The summed E-state index contributed by atoms with van der Waals surface area (Å²) in [4.78, 5) is 0. The number of aliphatic hydroxyl groups is 1. The van der Waals surface area contributed by atoms with Crippen LogP contribution in [0.1, 0.15) is 11.1 Å². The van der Waals surface area contributed by atoms with E-state index < -0.39 is 0 Å². The first kappa shape index (κ1) is 12.8. The zero-order chi connectivity index (χ0) is 12.8. The number of hydrogen-bond donors (Lipinski definition) is 1. The van der Waals surface area contributed by atoms with Crippen molar-refractivity contribution in [3.05, 3.63) is 59.7 Å². The van der Waals surface area contributed by atoms with Gasteiger partial charge in [-0.25, -0.2) is 0 Å². The zero-order valence-corrected chi connectivity index (χ0v) is 10.6. The van der Waals surface area contributed by atoms with E-state index in [1.807, 2.05) is 0 Å². The van der Waals surface area contributed by atoms with Crippen LogP contribution < -0.4 is 0 Å². The SMILES string of the molecule is COCc1ccc(-c2ccc(CCO)cc2)cc1. The molecule has 0 amide bonds. The highest BCUT2D eigenvalue weighted by molar-refractivity contribution is 5.63. The van der Waals surface area contributed by atoms with E-state index in [9.17, 15) is 0 Å². The molecule has 2 aromatic rings. The fraction of sp³-hybridized carbons (Fsp3) is 0.250. The Bertz CT molecular complexity index is 424. The Labute approximate surface area is 108 Å². The van der Waals surface area contributed by atoms with Crippen LogP contribution in [-0.4, -0.2) is 18.8 Å². The zero-order valence-electron chi connectivity index (χ0n) is 10.6. The van der Waals surface area contributed by atoms with Gasteiger partial charge in [0.25, 0.3) is 0 Å². The molecule has 0 heterocycles. The van der Waals surface area contributed by atoms with Gasteiger partial charge in [0.2, 0.25) is 0 Å². The molecule has 2 heteroatoms. The summed E-state index contributed by atoms with van der Waals surface area (Å²) < 4.78 is 5.09. The van der Waals surface area contributed by atoms with Gasteiger partial charge in [-0.15, -0.1) is 0 Å². The molecule has 94 valence electrons. The van der Waals surface area contributed by atoms with Crippen LogP contribution in [0.2, 0.25) is 0 Å². The molecule has 0 bridgehead atoms. The van der Waals surface area contributed by atoms with Crippen LogP contribution in [0.3, 0.4) is 0 Å². The first-order chi connectivity index (χ1) is 8.83. The summed E-state index contributed by atoms with van der Waals surface area (Å²) in [7, 11) is 1.70. The molecule has 0 saturated heterocycles. The molecule has 0 saturated carbocycles. The van der Waals surface area contributed by atoms with Gasteiger partial charge in [-0.1, -0.05) is 48.5 Å². The fourth-order valence-corrected chi connectivity index (χ4v) is 1.95. The summed E-state index contributed by atoms with van der Waals surface area (Å²) in [5.41, 5.74) is 4.74. The molecule has 18 heavy (non-hydrogen) atoms. The third-order valence-corrected chi connectivity index (χ3v) is 2.95. The highest BCUT2D eigenvalue weighted by Crippen LogP contribution is 2.20. The van der Waals surface area contributed by atoms with E-state index in [0.717, 1.165) is 5.56 Å². The van der Waals surface area contributed by atoms with E-state index >= 15 is 0 Å². The summed E-state index contributed by atoms with van der Waals surface area (Å²) in [6.07, 6.45) is 0.715. The van der Waals surface area contributed by atoms with Crippen LogP contribution in [0, 0.1) is 0 Å². The fourth-order valence-electron chi connectivity index (χ4n) is 1.95. The van der Waals surface area contributed by atoms with Gasteiger partial charge in [0.1, 0.15) is 0 Å². The first-order valence-electron chi connectivity index (χ1n) is 6.11. The van der Waals surface area contributed by atoms with Crippen LogP contribution in [0.5, 0.6) is 0 Å².